The summed E-state index contributed by atoms with van der Waals surface area (Å²) in [6.45, 7) is 3.08. The van der Waals surface area contributed by atoms with Crippen molar-refractivity contribution in [3.8, 4) is 0 Å². The Morgan fingerprint density at radius 2 is 1.75 bits per heavy atom. The number of carbonyl (C=O) groups is 3. The van der Waals surface area contributed by atoms with E-state index in [4.69, 9.17) is 5.11 Å². The zero-order valence-electron chi connectivity index (χ0n) is 11.4. The predicted molar refractivity (Wildman–Crippen MR) is 73.2 cm³/mol. The Labute approximate surface area is 117 Å². The molecule has 1 aromatic carbocycles. The highest BCUT2D eigenvalue weighted by atomic mass is 16.4. The minimum atomic E-state index is -1.13. The number of benzene rings is 1. The van der Waals surface area contributed by atoms with E-state index in [0.29, 0.717) is 5.56 Å². The van der Waals surface area contributed by atoms with Crippen molar-refractivity contribution in [2.24, 2.45) is 5.92 Å². The molecule has 108 valence electrons. The third-order valence-electron chi connectivity index (χ3n) is 2.69. The molecular weight excluding hydrogens is 260 g/mol. The van der Waals surface area contributed by atoms with Gasteiger partial charge in [-0.25, -0.2) is 0 Å². The Morgan fingerprint density at radius 3 is 2.25 bits per heavy atom. The van der Waals surface area contributed by atoms with Gasteiger partial charge >= 0.3 is 5.97 Å². The molecule has 6 nitrogen and oxygen atoms in total. The summed E-state index contributed by atoms with van der Waals surface area (Å²) in [5, 5.41) is 13.4. The summed E-state index contributed by atoms with van der Waals surface area (Å²) in [7, 11) is 0. The van der Waals surface area contributed by atoms with E-state index < -0.39 is 24.5 Å². The number of amides is 2. The van der Waals surface area contributed by atoms with Crippen molar-refractivity contribution in [2.75, 3.05) is 6.54 Å². The molecule has 20 heavy (non-hydrogen) atoms. The van der Waals surface area contributed by atoms with Crippen LogP contribution in [0.3, 0.4) is 0 Å². The van der Waals surface area contributed by atoms with Gasteiger partial charge in [-0.1, -0.05) is 32.0 Å². The van der Waals surface area contributed by atoms with E-state index in [-0.39, 0.29) is 11.8 Å². The second kappa shape index (κ2) is 7.28. The molecule has 1 aromatic rings. The van der Waals surface area contributed by atoms with E-state index in [0.717, 1.165) is 0 Å². The van der Waals surface area contributed by atoms with Crippen LogP contribution >= 0.6 is 0 Å². The van der Waals surface area contributed by atoms with Crippen molar-refractivity contribution in [1.82, 2.24) is 10.6 Å². The van der Waals surface area contributed by atoms with Crippen molar-refractivity contribution in [3.63, 3.8) is 0 Å². The number of carbonyl (C=O) groups excluding carboxylic acids is 2. The number of hydrogen-bond donors (Lipinski definition) is 3. The van der Waals surface area contributed by atoms with Crippen molar-refractivity contribution in [1.29, 1.82) is 0 Å². The fourth-order valence-electron chi connectivity index (χ4n) is 1.62. The Kier molecular flexibility index (Phi) is 5.71. The highest BCUT2D eigenvalue weighted by Crippen LogP contribution is 2.05. The first-order valence-electron chi connectivity index (χ1n) is 6.27. The summed E-state index contributed by atoms with van der Waals surface area (Å²) in [6, 6.07) is 7.75. The molecule has 0 saturated heterocycles. The maximum absolute atomic E-state index is 12.0. The lowest BCUT2D eigenvalue weighted by molar-refractivity contribution is -0.138. The summed E-state index contributed by atoms with van der Waals surface area (Å²) in [5.74, 6) is -2.16. The molecule has 3 N–H and O–H groups in total. The maximum Gasteiger partial charge on any atom is 0.322 e. The van der Waals surface area contributed by atoms with Crippen molar-refractivity contribution >= 4 is 17.8 Å². The maximum atomic E-state index is 12.0. The molecule has 0 heterocycles. The number of aliphatic carboxylic acids is 1. The van der Waals surface area contributed by atoms with Gasteiger partial charge in [0.15, 0.2) is 0 Å². The molecule has 0 aliphatic heterocycles. The Balaban J connectivity index is 2.70. The first-order valence-corrected chi connectivity index (χ1v) is 6.27. The highest BCUT2D eigenvalue weighted by Gasteiger charge is 2.24. The molecule has 1 atom stereocenters. The van der Waals surface area contributed by atoms with Crippen molar-refractivity contribution in [3.05, 3.63) is 35.9 Å². The fourth-order valence-corrected chi connectivity index (χ4v) is 1.62. The smallest absolute Gasteiger partial charge is 0.322 e. The topological polar surface area (TPSA) is 95.5 Å². The van der Waals surface area contributed by atoms with Crippen LogP contribution in [0.5, 0.6) is 0 Å². The van der Waals surface area contributed by atoms with Crippen molar-refractivity contribution < 1.29 is 19.5 Å². The summed E-state index contributed by atoms with van der Waals surface area (Å²) >= 11 is 0. The van der Waals surface area contributed by atoms with E-state index in [1.54, 1.807) is 44.2 Å². The number of hydrogen-bond acceptors (Lipinski definition) is 3. The number of carboxylic acids is 1. The Hall–Kier alpha value is -2.37. The van der Waals surface area contributed by atoms with Crippen LogP contribution in [0.15, 0.2) is 30.3 Å². The third-order valence-corrected chi connectivity index (χ3v) is 2.69. The average molecular weight is 278 g/mol. The number of nitrogens with one attached hydrogen (secondary N) is 2. The molecule has 0 spiro atoms. The lowest BCUT2D eigenvalue weighted by Gasteiger charge is -2.21. The minimum Gasteiger partial charge on any atom is -0.480 e. The Bertz CT molecular complexity index is 485. The van der Waals surface area contributed by atoms with Gasteiger partial charge in [0.1, 0.15) is 12.6 Å². The van der Waals surface area contributed by atoms with Gasteiger partial charge in [0.2, 0.25) is 5.91 Å². The van der Waals surface area contributed by atoms with Gasteiger partial charge in [-0.2, -0.15) is 0 Å². The van der Waals surface area contributed by atoms with Gasteiger partial charge in [0.25, 0.3) is 5.91 Å². The first kappa shape index (κ1) is 15.7. The van der Waals surface area contributed by atoms with Gasteiger partial charge < -0.3 is 15.7 Å². The molecule has 0 saturated carbocycles. The molecule has 1 rings (SSSR count). The second-order valence-electron chi connectivity index (χ2n) is 4.67. The standard InChI is InChI=1S/C14H18N2O4/c1-9(2)12(14(20)15-8-11(17)18)16-13(19)10-6-4-3-5-7-10/h3-7,9,12H,8H2,1-2H3,(H,15,20)(H,16,19)(H,17,18). The fraction of sp³-hybridized carbons (Fsp3) is 0.357. The summed E-state index contributed by atoms with van der Waals surface area (Å²) in [5.41, 5.74) is 0.448. The van der Waals surface area contributed by atoms with E-state index in [1.165, 1.54) is 0 Å². The van der Waals surface area contributed by atoms with Gasteiger partial charge in [0.05, 0.1) is 0 Å². The van der Waals surface area contributed by atoms with Crippen LogP contribution in [0, 0.1) is 5.92 Å². The highest BCUT2D eigenvalue weighted by molar-refractivity contribution is 5.97. The molecule has 1 unspecified atom stereocenters. The van der Waals surface area contributed by atoms with E-state index in [9.17, 15) is 14.4 Å². The van der Waals surface area contributed by atoms with Crippen LogP contribution in [0.2, 0.25) is 0 Å². The lowest BCUT2D eigenvalue weighted by Crippen LogP contribution is -2.50. The average Bonchev–Trinajstić information content (AvgIpc) is 2.42. The largest absolute Gasteiger partial charge is 0.480 e. The monoisotopic (exact) mass is 278 g/mol. The summed E-state index contributed by atoms with van der Waals surface area (Å²) in [6.07, 6.45) is 0. The Morgan fingerprint density at radius 1 is 1.15 bits per heavy atom. The number of carboxylic acid groups (broad SMARTS) is 1. The molecule has 0 aromatic heterocycles. The van der Waals surface area contributed by atoms with E-state index in [2.05, 4.69) is 10.6 Å². The van der Waals surface area contributed by atoms with Gasteiger partial charge in [-0.3, -0.25) is 14.4 Å². The van der Waals surface area contributed by atoms with Crippen LogP contribution in [0.1, 0.15) is 24.2 Å². The molecular formula is C14H18N2O4. The molecule has 0 radical (unpaired) electrons. The van der Waals surface area contributed by atoms with E-state index >= 15 is 0 Å². The molecule has 2 amide bonds. The second-order valence-corrected chi connectivity index (χ2v) is 4.67. The lowest BCUT2D eigenvalue weighted by atomic mass is 10.0. The molecule has 0 aliphatic rings. The minimum absolute atomic E-state index is 0.156. The molecule has 0 aliphatic carbocycles. The van der Waals surface area contributed by atoms with Gasteiger partial charge in [-0.15, -0.1) is 0 Å². The molecule has 0 bridgehead atoms. The zero-order valence-corrected chi connectivity index (χ0v) is 11.4. The van der Waals surface area contributed by atoms with Crippen molar-refractivity contribution in [2.45, 2.75) is 19.9 Å². The van der Waals surface area contributed by atoms with E-state index in [1.807, 2.05) is 0 Å². The predicted octanol–water partition coefficient (Wildman–Crippen LogP) is 0.642. The quantitative estimate of drug-likeness (QED) is 0.711. The number of rotatable bonds is 6. The first-order chi connectivity index (χ1) is 9.41. The summed E-state index contributed by atoms with van der Waals surface area (Å²) in [4.78, 5) is 34.3. The van der Waals surface area contributed by atoms with Crippen LogP contribution in [0.25, 0.3) is 0 Å². The van der Waals surface area contributed by atoms with Crippen LogP contribution in [0.4, 0.5) is 0 Å². The third kappa shape index (κ3) is 4.72. The van der Waals surface area contributed by atoms with Crippen LogP contribution < -0.4 is 10.6 Å². The summed E-state index contributed by atoms with van der Waals surface area (Å²) < 4.78 is 0. The van der Waals surface area contributed by atoms with Gasteiger partial charge in [-0.05, 0) is 18.1 Å². The zero-order chi connectivity index (χ0) is 15.1. The van der Waals surface area contributed by atoms with Crippen LogP contribution in [-0.2, 0) is 9.59 Å². The van der Waals surface area contributed by atoms with Gasteiger partial charge in [0, 0.05) is 5.56 Å². The molecule has 0 fully saturated rings. The normalized spacial score (nSPS) is 11.8. The molecule has 6 heteroatoms. The SMILES string of the molecule is CC(C)C(NC(=O)c1ccccc1)C(=O)NCC(=O)O. The van der Waals surface area contributed by atoms with Crippen LogP contribution in [-0.4, -0.2) is 35.5 Å².